The molecule has 13 heavy (non-hydrogen) atoms. The van der Waals surface area contributed by atoms with Gasteiger partial charge in [-0.2, -0.15) is 4.80 Å². The zero-order valence-electron chi connectivity index (χ0n) is 8.44. The van der Waals surface area contributed by atoms with Crippen LogP contribution in [0.4, 0.5) is 0 Å². The second-order valence-corrected chi connectivity index (χ2v) is 3.59. The molecule has 2 atom stereocenters. The number of hydrogen-bond donors (Lipinski definition) is 1. The van der Waals surface area contributed by atoms with E-state index < -0.39 is 0 Å². The van der Waals surface area contributed by atoms with Crippen LogP contribution >= 0.6 is 0 Å². The quantitative estimate of drug-likeness (QED) is 0.712. The minimum Gasteiger partial charge on any atom is -0.330 e. The molecule has 0 fully saturated rings. The van der Waals surface area contributed by atoms with E-state index in [1.165, 1.54) is 4.80 Å². The molecule has 0 spiro atoms. The Balaban J connectivity index is 2.49. The first-order valence-electron chi connectivity index (χ1n) is 4.56. The lowest BCUT2D eigenvalue weighted by Gasteiger charge is -2.15. The lowest BCUT2D eigenvalue weighted by Crippen LogP contribution is -2.20. The van der Waals surface area contributed by atoms with Gasteiger partial charge in [0.2, 0.25) is 0 Å². The van der Waals surface area contributed by atoms with E-state index in [2.05, 4.69) is 29.3 Å². The highest BCUT2D eigenvalue weighted by molar-refractivity contribution is 4.81. The SMILES string of the molecule is CC(CN)C(C)Cc1nnn(C)n1. The maximum Gasteiger partial charge on any atom is 0.175 e. The molecular formula is C8H17N5. The largest absolute Gasteiger partial charge is 0.330 e. The third kappa shape index (κ3) is 2.77. The van der Waals surface area contributed by atoms with E-state index in [-0.39, 0.29) is 0 Å². The van der Waals surface area contributed by atoms with Gasteiger partial charge in [0.1, 0.15) is 0 Å². The Morgan fingerprint density at radius 3 is 2.54 bits per heavy atom. The van der Waals surface area contributed by atoms with Crippen LogP contribution in [0, 0.1) is 11.8 Å². The van der Waals surface area contributed by atoms with Crippen molar-refractivity contribution in [2.75, 3.05) is 6.54 Å². The number of nitrogens with two attached hydrogens (primary N) is 1. The molecule has 0 aliphatic rings. The fourth-order valence-corrected chi connectivity index (χ4v) is 1.13. The van der Waals surface area contributed by atoms with Crippen molar-refractivity contribution in [2.24, 2.45) is 24.6 Å². The van der Waals surface area contributed by atoms with Crippen molar-refractivity contribution < 1.29 is 0 Å². The molecule has 0 saturated carbocycles. The zero-order valence-corrected chi connectivity index (χ0v) is 8.44. The minimum absolute atomic E-state index is 0.504. The number of aromatic nitrogens is 4. The summed E-state index contributed by atoms with van der Waals surface area (Å²) in [6, 6.07) is 0. The molecule has 1 aromatic heterocycles. The molecule has 0 aromatic carbocycles. The molecule has 0 aliphatic heterocycles. The normalized spacial score (nSPS) is 15.7. The summed E-state index contributed by atoms with van der Waals surface area (Å²) in [6.07, 6.45) is 0.853. The lowest BCUT2D eigenvalue weighted by atomic mass is 9.93. The second kappa shape index (κ2) is 4.32. The number of aryl methyl sites for hydroxylation is 1. The van der Waals surface area contributed by atoms with Gasteiger partial charge in [0.05, 0.1) is 7.05 Å². The standard InChI is InChI=1S/C8H17N5/c1-6(7(2)5-9)4-8-10-12-13(3)11-8/h6-7H,4-5,9H2,1-3H3. The molecule has 2 unspecified atom stereocenters. The number of tetrazole rings is 1. The fraction of sp³-hybridized carbons (Fsp3) is 0.875. The van der Waals surface area contributed by atoms with Crippen LogP contribution in [0.1, 0.15) is 19.7 Å². The summed E-state index contributed by atoms with van der Waals surface area (Å²) in [5.74, 6) is 1.81. The Morgan fingerprint density at radius 2 is 2.08 bits per heavy atom. The topological polar surface area (TPSA) is 69.6 Å². The van der Waals surface area contributed by atoms with Crippen molar-refractivity contribution in [1.82, 2.24) is 20.2 Å². The zero-order chi connectivity index (χ0) is 9.84. The first-order valence-corrected chi connectivity index (χ1v) is 4.56. The van der Waals surface area contributed by atoms with Crippen LogP contribution in [0.3, 0.4) is 0 Å². The average Bonchev–Trinajstić information content (AvgIpc) is 2.49. The molecule has 2 N–H and O–H groups in total. The molecule has 0 saturated heterocycles. The van der Waals surface area contributed by atoms with Crippen molar-refractivity contribution in [1.29, 1.82) is 0 Å². The second-order valence-electron chi connectivity index (χ2n) is 3.59. The van der Waals surface area contributed by atoms with Gasteiger partial charge in [-0.25, -0.2) is 0 Å². The molecule has 74 valence electrons. The van der Waals surface area contributed by atoms with Crippen molar-refractivity contribution in [2.45, 2.75) is 20.3 Å². The van der Waals surface area contributed by atoms with Gasteiger partial charge in [-0.1, -0.05) is 13.8 Å². The number of rotatable bonds is 4. The highest BCUT2D eigenvalue weighted by atomic mass is 15.6. The lowest BCUT2D eigenvalue weighted by molar-refractivity contribution is 0.387. The van der Waals surface area contributed by atoms with E-state index in [1.807, 2.05) is 0 Å². The molecule has 1 aromatic rings. The Bertz CT molecular complexity index is 257. The highest BCUT2D eigenvalue weighted by Gasteiger charge is 2.13. The molecule has 1 heterocycles. The third-order valence-corrected chi connectivity index (χ3v) is 2.40. The minimum atomic E-state index is 0.504. The maximum absolute atomic E-state index is 5.57. The predicted molar refractivity (Wildman–Crippen MR) is 49.9 cm³/mol. The summed E-state index contributed by atoms with van der Waals surface area (Å²) in [7, 11) is 1.77. The third-order valence-electron chi connectivity index (χ3n) is 2.40. The smallest absolute Gasteiger partial charge is 0.175 e. The molecule has 5 nitrogen and oxygen atoms in total. The van der Waals surface area contributed by atoms with Gasteiger partial charge in [-0.3, -0.25) is 0 Å². The summed E-state index contributed by atoms with van der Waals surface area (Å²) in [5.41, 5.74) is 5.57. The number of hydrogen-bond acceptors (Lipinski definition) is 4. The molecule has 0 bridgehead atoms. The van der Waals surface area contributed by atoms with E-state index in [1.54, 1.807) is 7.05 Å². The van der Waals surface area contributed by atoms with Gasteiger partial charge in [-0.05, 0) is 23.6 Å². The van der Waals surface area contributed by atoms with Crippen LogP contribution in [-0.2, 0) is 13.5 Å². The first kappa shape index (κ1) is 10.1. The van der Waals surface area contributed by atoms with Gasteiger partial charge in [0.15, 0.2) is 5.82 Å². The fourth-order valence-electron chi connectivity index (χ4n) is 1.13. The van der Waals surface area contributed by atoms with Gasteiger partial charge in [-0.15, -0.1) is 10.2 Å². The summed E-state index contributed by atoms with van der Waals surface area (Å²) in [6.45, 7) is 5.01. The molecular weight excluding hydrogens is 166 g/mol. The van der Waals surface area contributed by atoms with Crippen LogP contribution in [-0.4, -0.2) is 26.8 Å². The molecule has 0 aliphatic carbocycles. The van der Waals surface area contributed by atoms with Gasteiger partial charge in [0, 0.05) is 6.42 Å². The molecule has 0 amide bonds. The summed E-state index contributed by atoms with van der Waals surface area (Å²) >= 11 is 0. The Hall–Kier alpha value is -0.970. The van der Waals surface area contributed by atoms with E-state index in [4.69, 9.17) is 5.73 Å². The van der Waals surface area contributed by atoms with E-state index in [0.29, 0.717) is 18.4 Å². The molecule has 5 heteroatoms. The van der Waals surface area contributed by atoms with Gasteiger partial charge >= 0.3 is 0 Å². The van der Waals surface area contributed by atoms with Crippen molar-refractivity contribution >= 4 is 0 Å². The van der Waals surface area contributed by atoms with E-state index in [0.717, 1.165) is 12.2 Å². The van der Waals surface area contributed by atoms with Crippen molar-refractivity contribution in [3.05, 3.63) is 5.82 Å². The monoisotopic (exact) mass is 183 g/mol. The van der Waals surface area contributed by atoms with E-state index in [9.17, 15) is 0 Å². The Kier molecular flexibility index (Phi) is 3.36. The van der Waals surface area contributed by atoms with Crippen molar-refractivity contribution in [3.8, 4) is 0 Å². The van der Waals surface area contributed by atoms with Crippen LogP contribution in [0.5, 0.6) is 0 Å². The Labute approximate surface area is 78.3 Å². The van der Waals surface area contributed by atoms with Gasteiger partial charge < -0.3 is 5.73 Å². The van der Waals surface area contributed by atoms with Crippen LogP contribution in [0.15, 0.2) is 0 Å². The van der Waals surface area contributed by atoms with Gasteiger partial charge in [0.25, 0.3) is 0 Å². The highest BCUT2D eigenvalue weighted by Crippen LogP contribution is 2.12. The first-order chi connectivity index (χ1) is 6.13. The summed E-state index contributed by atoms with van der Waals surface area (Å²) < 4.78 is 0. The van der Waals surface area contributed by atoms with Crippen LogP contribution < -0.4 is 5.73 Å². The maximum atomic E-state index is 5.57. The summed E-state index contributed by atoms with van der Waals surface area (Å²) in [4.78, 5) is 1.48. The predicted octanol–water partition coefficient (Wildman–Crippen LogP) is -0.0165. The van der Waals surface area contributed by atoms with Crippen LogP contribution in [0.25, 0.3) is 0 Å². The Morgan fingerprint density at radius 1 is 1.38 bits per heavy atom. The van der Waals surface area contributed by atoms with Crippen LogP contribution in [0.2, 0.25) is 0 Å². The summed E-state index contributed by atoms with van der Waals surface area (Å²) in [5, 5.41) is 11.8. The number of nitrogens with zero attached hydrogens (tertiary/aromatic N) is 4. The van der Waals surface area contributed by atoms with E-state index >= 15 is 0 Å². The molecule has 0 radical (unpaired) electrons. The average molecular weight is 183 g/mol. The van der Waals surface area contributed by atoms with Crippen molar-refractivity contribution in [3.63, 3.8) is 0 Å². The molecule has 1 rings (SSSR count).